The third-order valence-electron chi connectivity index (χ3n) is 5.16. The minimum absolute atomic E-state index is 0.0840. The summed E-state index contributed by atoms with van der Waals surface area (Å²) in [6.07, 6.45) is 7.00. The highest BCUT2D eigenvalue weighted by atomic mass is 32.2. The zero-order valence-corrected chi connectivity index (χ0v) is 15.1. The molecule has 1 amide bonds. The van der Waals surface area contributed by atoms with Gasteiger partial charge in [-0.1, -0.05) is 6.07 Å². The van der Waals surface area contributed by atoms with E-state index >= 15 is 0 Å². The molecule has 130 valence electrons. The fourth-order valence-corrected chi connectivity index (χ4v) is 4.81. The molecule has 5 heteroatoms. The second-order valence-corrected chi connectivity index (χ2v) is 7.96. The van der Waals surface area contributed by atoms with Crippen molar-refractivity contribution in [2.75, 3.05) is 23.4 Å². The third-order valence-corrected chi connectivity index (χ3v) is 6.20. The minimum Gasteiger partial charge on any atom is -0.322 e. The molecular weight excluding hydrogens is 330 g/mol. The molecule has 2 aliphatic heterocycles. The van der Waals surface area contributed by atoms with Crippen LogP contribution in [0.1, 0.15) is 34.3 Å². The monoisotopic (exact) mass is 353 g/mol. The summed E-state index contributed by atoms with van der Waals surface area (Å²) in [4.78, 5) is 18.9. The maximum atomic E-state index is 12.3. The van der Waals surface area contributed by atoms with E-state index in [0.717, 1.165) is 31.2 Å². The molecule has 4 nitrogen and oxygen atoms in total. The van der Waals surface area contributed by atoms with Crippen LogP contribution in [0.4, 0.5) is 5.69 Å². The molecule has 3 heterocycles. The van der Waals surface area contributed by atoms with Gasteiger partial charge in [0, 0.05) is 42.8 Å². The van der Waals surface area contributed by atoms with Crippen molar-refractivity contribution in [3.63, 3.8) is 0 Å². The Morgan fingerprint density at radius 3 is 2.72 bits per heavy atom. The molecule has 25 heavy (non-hydrogen) atoms. The number of amides is 1. The van der Waals surface area contributed by atoms with E-state index in [1.54, 1.807) is 24.5 Å². The lowest BCUT2D eigenvalue weighted by Crippen LogP contribution is -2.41. The molecule has 0 atom stereocenters. The number of pyridine rings is 1. The summed E-state index contributed by atoms with van der Waals surface area (Å²) in [5.41, 5.74) is 4.29. The Balaban J connectivity index is 1.47. The Morgan fingerprint density at radius 2 is 1.92 bits per heavy atom. The van der Waals surface area contributed by atoms with Gasteiger partial charge in [0.05, 0.1) is 0 Å². The smallest absolute Gasteiger partial charge is 0.255 e. The van der Waals surface area contributed by atoms with E-state index in [4.69, 9.17) is 0 Å². The summed E-state index contributed by atoms with van der Waals surface area (Å²) < 4.78 is 0. The number of thioether (sulfide) groups is 1. The van der Waals surface area contributed by atoms with Gasteiger partial charge in [0.25, 0.3) is 5.91 Å². The van der Waals surface area contributed by atoms with Crippen molar-refractivity contribution in [1.29, 1.82) is 0 Å². The highest BCUT2D eigenvalue weighted by molar-refractivity contribution is 7.99. The average Bonchev–Trinajstić information content (AvgIpc) is 2.69. The van der Waals surface area contributed by atoms with E-state index < -0.39 is 0 Å². The molecule has 0 saturated carbocycles. The lowest BCUT2D eigenvalue weighted by molar-refractivity contribution is 0.102. The second kappa shape index (κ2) is 7.58. The molecular formula is C20H23N3OS. The predicted octanol–water partition coefficient (Wildman–Crippen LogP) is 3.59. The van der Waals surface area contributed by atoms with Gasteiger partial charge in [0.1, 0.15) is 0 Å². The molecule has 1 aromatic heterocycles. The van der Waals surface area contributed by atoms with Gasteiger partial charge in [-0.25, -0.2) is 0 Å². The van der Waals surface area contributed by atoms with E-state index in [1.807, 2.05) is 6.07 Å². The maximum absolute atomic E-state index is 12.3. The molecule has 0 aliphatic carbocycles. The first kappa shape index (κ1) is 16.6. The number of aromatic nitrogens is 1. The number of fused-ring (bicyclic) bond motifs is 1. The van der Waals surface area contributed by atoms with Gasteiger partial charge in [-0.2, -0.15) is 11.8 Å². The van der Waals surface area contributed by atoms with Crippen molar-refractivity contribution < 1.29 is 4.79 Å². The Bertz CT molecular complexity index is 744. The van der Waals surface area contributed by atoms with E-state index in [0.29, 0.717) is 5.56 Å². The molecule has 1 aromatic carbocycles. The summed E-state index contributed by atoms with van der Waals surface area (Å²) in [6, 6.07) is 10.5. The van der Waals surface area contributed by atoms with E-state index in [-0.39, 0.29) is 5.91 Å². The zero-order valence-electron chi connectivity index (χ0n) is 14.3. The summed E-state index contributed by atoms with van der Waals surface area (Å²) in [7, 11) is 0. The van der Waals surface area contributed by atoms with Crippen LogP contribution < -0.4 is 5.32 Å². The van der Waals surface area contributed by atoms with Gasteiger partial charge >= 0.3 is 0 Å². The second-order valence-electron chi connectivity index (χ2n) is 6.74. The van der Waals surface area contributed by atoms with Crippen LogP contribution >= 0.6 is 11.8 Å². The SMILES string of the molecule is O=C(Nc1ccc2c(c1)CN(C1CCSCC1)CC2)c1ccncc1. The van der Waals surface area contributed by atoms with Crippen molar-refractivity contribution >= 4 is 23.4 Å². The van der Waals surface area contributed by atoms with Crippen LogP contribution in [0.2, 0.25) is 0 Å². The molecule has 0 unspecified atom stereocenters. The van der Waals surface area contributed by atoms with Gasteiger partial charge < -0.3 is 5.32 Å². The highest BCUT2D eigenvalue weighted by Gasteiger charge is 2.25. The van der Waals surface area contributed by atoms with Crippen molar-refractivity contribution in [1.82, 2.24) is 9.88 Å². The number of anilines is 1. The number of rotatable bonds is 3. The lowest BCUT2D eigenvalue weighted by atomic mass is 9.96. The topological polar surface area (TPSA) is 45.2 Å². The highest BCUT2D eigenvalue weighted by Crippen LogP contribution is 2.28. The van der Waals surface area contributed by atoms with Crippen molar-refractivity contribution in [2.24, 2.45) is 0 Å². The Labute approximate surface area is 153 Å². The maximum Gasteiger partial charge on any atom is 0.255 e. The fraction of sp³-hybridized carbons (Fsp3) is 0.400. The molecule has 2 aromatic rings. The number of hydrogen-bond donors (Lipinski definition) is 1. The van der Waals surface area contributed by atoms with E-state index in [1.165, 1.54) is 35.5 Å². The molecule has 1 fully saturated rings. The van der Waals surface area contributed by atoms with Crippen molar-refractivity contribution in [2.45, 2.75) is 31.8 Å². The Kier molecular flexibility index (Phi) is 5.04. The standard InChI is InChI=1S/C20H23N3OS/c24-20(16-3-8-21-9-4-16)22-18-2-1-15-5-10-23(14-17(15)13-18)19-6-11-25-12-7-19/h1-4,8-9,13,19H,5-7,10-12,14H2,(H,22,24). The molecule has 0 bridgehead atoms. The van der Waals surface area contributed by atoms with Crippen LogP contribution in [0.15, 0.2) is 42.7 Å². The molecule has 1 N–H and O–H groups in total. The van der Waals surface area contributed by atoms with Gasteiger partial charge in [-0.3, -0.25) is 14.7 Å². The summed E-state index contributed by atoms with van der Waals surface area (Å²) in [5, 5.41) is 3.01. The van der Waals surface area contributed by atoms with Gasteiger partial charge in [-0.05, 0) is 66.2 Å². The van der Waals surface area contributed by atoms with Crippen LogP contribution in [0, 0.1) is 0 Å². The first-order valence-electron chi connectivity index (χ1n) is 8.94. The van der Waals surface area contributed by atoms with Crippen LogP contribution in [0.3, 0.4) is 0 Å². The number of carbonyl (C=O) groups excluding carboxylic acids is 1. The Morgan fingerprint density at radius 1 is 1.12 bits per heavy atom. The zero-order chi connectivity index (χ0) is 17.1. The van der Waals surface area contributed by atoms with E-state index in [2.05, 4.69) is 39.1 Å². The molecule has 2 aliphatic rings. The van der Waals surface area contributed by atoms with Crippen molar-refractivity contribution in [3.05, 3.63) is 59.4 Å². The number of nitrogens with zero attached hydrogens (tertiary/aromatic N) is 2. The molecule has 0 spiro atoms. The van der Waals surface area contributed by atoms with E-state index in [9.17, 15) is 4.79 Å². The Hall–Kier alpha value is -1.85. The van der Waals surface area contributed by atoms with Crippen molar-refractivity contribution in [3.8, 4) is 0 Å². The minimum atomic E-state index is -0.0840. The first-order chi connectivity index (χ1) is 12.3. The summed E-state index contributed by atoms with van der Waals surface area (Å²) in [5.74, 6) is 2.49. The van der Waals surface area contributed by atoms with Crippen LogP contribution in [0.25, 0.3) is 0 Å². The number of benzene rings is 1. The van der Waals surface area contributed by atoms with Crippen LogP contribution in [-0.2, 0) is 13.0 Å². The normalized spacial score (nSPS) is 18.6. The number of carbonyl (C=O) groups is 1. The lowest BCUT2D eigenvalue weighted by Gasteiger charge is -2.37. The first-order valence-corrected chi connectivity index (χ1v) is 10.1. The molecule has 4 rings (SSSR count). The quantitative estimate of drug-likeness (QED) is 0.916. The van der Waals surface area contributed by atoms with Crippen LogP contribution in [-0.4, -0.2) is 39.9 Å². The fourth-order valence-electron chi connectivity index (χ4n) is 3.73. The molecule has 0 radical (unpaired) electrons. The summed E-state index contributed by atoms with van der Waals surface area (Å²) >= 11 is 2.08. The van der Waals surface area contributed by atoms with Gasteiger partial charge in [0.15, 0.2) is 0 Å². The van der Waals surface area contributed by atoms with Gasteiger partial charge in [0.2, 0.25) is 0 Å². The number of hydrogen-bond acceptors (Lipinski definition) is 4. The number of nitrogens with one attached hydrogen (secondary N) is 1. The third kappa shape index (κ3) is 3.88. The summed E-state index contributed by atoms with van der Waals surface area (Å²) in [6.45, 7) is 2.16. The largest absolute Gasteiger partial charge is 0.322 e. The predicted molar refractivity (Wildman–Crippen MR) is 103 cm³/mol. The molecule has 1 saturated heterocycles. The van der Waals surface area contributed by atoms with Gasteiger partial charge in [-0.15, -0.1) is 0 Å². The van der Waals surface area contributed by atoms with Crippen LogP contribution in [0.5, 0.6) is 0 Å². The average molecular weight is 353 g/mol.